The number of benzene rings is 2. The molecule has 1 saturated heterocycles. The first-order valence-electron chi connectivity index (χ1n) is 9.26. The SMILES string of the molecule is CC(C)(C)c1ccc(NC(=O)COc2cccc(N3CCCC3=O)c2)cc1. The molecule has 2 amide bonds. The second kappa shape index (κ2) is 7.82. The van der Waals surface area contributed by atoms with Crippen LogP contribution in [-0.4, -0.2) is 25.0 Å². The van der Waals surface area contributed by atoms with Gasteiger partial charge in [-0.1, -0.05) is 39.0 Å². The van der Waals surface area contributed by atoms with Crippen molar-refractivity contribution in [2.45, 2.75) is 39.0 Å². The van der Waals surface area contributed by atoms with Crippen LogP contribution in [0.5, 0.6) is 5.75 Å². The van der Waals surface area contributed by atoms with Gasteiger partial charge in [0.2, 0.25) is 5.91 Å². The Morgan fingerprint density at radius 1 is 1.15 bits per heavy atom. The molecule has 0 bridgehead atoms. The molecule has 1 heterocycles. The van der Waals surface area contributed by atoms with Gasteiger partial charge in [-0.15, -0.1) is 0 Å². The number of anilines is 2. The molecule has 3 rings (SSSR count). The van der Waals surface area contributed by atoms with E-state index < -0.39 is 0 Å². The van der Waals surface area contributed by atoms with Gasteiger partial charge in [0.1, 0.15) is 5.75 Å². The first kappa shape index (κ1) is 19.0. The summed E-state index contributed by atoms with van der Waals surface area (Å²) in [5.74, 6) is 0.482. The number of amides is 2. The van der Waals surface area contributed by atoms with E-state index in [1.165, 1.54) is 5.56 Å². The molecule has 2 aromatic carbocycles. The van der Waals surface area contributed by atoms with E-state index in [9.17, 15) is 9.59 Å². The molecule has 1 aliphatic rings. The summed E-state index contributed by atoms with van der Waals surface area (Å²) in [5.41, 5.74) is 2.85. The summed E-state index contributed by atoms with van der Waals surface area (Å²) >= 11 is 0. The van der Waals surface area contributed by atoms with Gasteiger partial charge < -0.3 is 15.0 Å². The van der Waals surface area contributed by atoms with Crippen molar-refractivity contribution in [1.82, 2.24) is 0 Å². The van der Waals surface area contributed by atoms with Crippen molar-refractivity contribution in [2.75, 3.05) is 23.4 Å². The van der Waals surface area contributed by atoms with E-state index in [0.29, 0.717) is 12.2 Å². The van der Waals surface area contributed by atoms with E-state index in [-0.39, 0.29) is 23.8 Å². The molecular formula is C22H26N2O3. The standard InChI is InChI=1S/C22H26N2O3/c1-22(2,3)16-9-11-17(12-10-16)23-20(25)15-27-19-7-4-6-18(14-19)24-13-5-8-21(24)26/h4,6-7,9-12,14H,5,8,13,15H2,1-3H3,(H,23,25). The Labute approximate surface area is 160 Å². The Bertz CT molecular complexity index is 822. The number of carbonyl (C=O) groups excluding carboxylic acids is 2. The quantitative estimate of drug-likeness (QED) is 0.866. The molecule has 0 atom stereocenters. The summed E-state index contributed by atoms with van der Waals surface area (Å²) in [7, 11) is 0. The third kappa shape index (κ3) is 4.88. The maximum Gasteiger partial charge on any atom is 0.262 e. The molecule has 0 saturated carbocycles. The van der Waals surface area contributed by atoms with Gasteiger partial charge in [-0.2, -0.15) is 0 Å². The number of hydrogen-bond donors (Lipinski definition) is 1. The number of nitrogens with one attached hydrogen (secondary N) is 1. The van der Waals surface area contributed by atoms with E-state index in [2.05, 4.69) is 26.1 Å². The number of ether oxygens (including phenoxy) is 1. The molecular weight excluding hydrogens is 340 g/mol. The van der Waals surface area contributed by atoms with Crippen molar-refractivity contribution in [2.24, 2.45) is 0 Å². The van der Waals surface area contributed by atoms with Crippen molar-refractivity contribution in [1.29, 1.82) is 0 Å². The highest BCUT2D eigenvalue weighted by Crippen LogP contribution is 2.26. The van der Waals surface area contributed by atoms with Crippen LogP contribution >= 0.6 is 0 Å². The van der Waals surface area contributed by atoms with Gasteiger partial charge in [-0.3, -0.25) is 9.59 Å². The van der Waals surface area contributed by atoms with Crippen molar-refractivity contribution < 1.29 is 14.3 Å². The number of hydrogen-bond acceptors (Lipinski definition) is 3. The van der Waals surface area contributed by atoms with Crippen molar-refractivity contribution >= 4 is 23.2 Å². The molecule has 0 aromatic heterocycles. The van der Waals surface area contributed by atoms with Crippen LogP contribution in [0.2, 0.25) is 0 Å². The minimum atomic E-state index is -0.221. The highest BCUT2D eigenvalue weighted by atomic mass is 16.5. The van der Waals surface area contributed by atoms with Crippen LogP contribution in [-0.2, 0) is 15.0 Å². The first-order chi connectivity index (χ1) is 12.8. The van der Waals surface area contributed by atoms with Gasteiger partial charge in [-0.25, -0.2) is 0 Å². The lowest BCUT2D eigenvalue weighted by molar-refractivity contribution is -0.118. The monoisotopic (exact) mass is 366 g/mol. The van der Waals surface area contributed by atoms with Crippen LogP contribution in [0.15, 0.2) is 48.5 Å². The molecule has 5 nitrogen and oxygen atoms in total. The fourth-order valence-corrected chi connectivity index (χ4v) is 3.06. The van der Waals surface area contributed by atoms with E-state index in [1.807, 2.05) is 36.4 Å². The van der Waals surface area contributed by atoms with Crippen LogP contribution in [0.1, 0.15) is 39.2 Å². The fraction of sp³-hybridized carbons (Fsp3) is 0.364. The lowest BCUT2D eigenvalue weighted by Gasteiger charge is -2.19. The number of nitrogens with zero attached hydrogens (tertiary/aromatic N) is 1. The summed E-state index contributed by atoms with van der Waals surface area (Å²) in [6, 6.07) is 15.1. The Balaban J connectivity index is 1.55. The van der Waals surface area contributed by atoms with E-state index in [1.54, 1.807) is 17.0 Å². The van der Waals surface area contributed by atoms with Crippen molar-refractivity contribution in [3.05, 3.63) is 54.1 Å². The third-order valence-electron chi connectivity index (χ3n) is 4.61. The molecule has 0 aliphatic carbocycles. The van der Waals surface area contributed by atoms with Gasteiger partial charge in [0, 0.05) is 30.4 Å². The van der Waals surface area contributed by atoms with Gasteiger partial charge >= 0.3 is 0 Å². The van der Waals surface area contributed by atoms with Crippen LogP contribution in [0.25, 0.3) is 0 Å². The average molecular weight is 366 g/mol. The van der Waals surface area contributed by atoms with Crippen molar-refractivity contribution in [3.8, 4) is 5.75 Å². The second-order valence-electron chi connectivity index (χ2n) is 7.81. The largest absolute Gasteiger partial charge is 0.484 e. The number of rotatable bonds is 5. The number of carbonyl (C=O) groups is 2. The fourth-order valence-electron chi connectivity index (χ4n) is 3.06. The maximum absolute atomic E-state index is 12.2. The Kier molecular flexibility index (Phi) is 5.49. The molecule has 1 N–H and O–H groups in total. The van der Waals surface area contributed by atoms with Crippen molar-refractivity contribution in [3.63, 3.8) is 0 Å². The summed E-state index contributed by atoms with van der Waals surface area (Å²) < 4.78 is 5.60. The van der Waals surface area contributed by atoms with E-state index in [0.717, 1.165) is 24.3 Å². The Morgan fingerprint density at radius 2 is 1.89 bits per heavy atom. The minimum absolute atomic E-state index is 0.0768. The Morgan fingerprint density at radius 3 is 2.52 bits per heavy atom. The molecule has 27 heavy (non-hydrogen) atoms. The maximum atomic E-state index is 12.2. The van der Waals surface area contributed by atoms with Crippen LogP contribution < -0.4 is 15.0 Å². The molecule has 1 fully saturated rings. The Hall–Kier alpha value is -2.82. The summed E-state index contributed by atoms with van der Waals surface area (Å²) in [4.78, 5) is 25.8. The second-order valence-corrected chi connectivity index (χ2v) is 7.81. The average Bonchev–Trinajstić information content (AvgIpc) is 3.06. The smallest absolute Gasteiger partial charge is 0.262 e. The van der Waals surface area contributed by atoms with Crippen LogP contribution in [0.4, 0.5) is 11.4 Å². The molecule has 2 aromatic rings. The first-order valence-corrected chi connectivity index (χ1v) is 9.26. The molecule has 142 valence electrons. The van der Waals surface area contributed by atoms with Crippen LogP contribution in [0, 0.1) is 0 Å². The minimum Gasteiger partial charge on any atom is -0.484 e. The topological polar surface area (TPSA) is 58.6 Å². The summed E-state index contributed by atoms with van der Waals surface area (Å²) in [6.45, 7) is 7.10. The van der Waals surface area contributed by atoms with E-state index in [4.69, 9.17) is 4.74 Å². The normalized spacial score (nSPS) is 14.3. The lowest BCUT2D eigenvalue weighted by Crippen LogP contribution is -2.24. The zero-order valence-corrected chi connectivity index (χ0v) is 16.1. The lowest BCUT2D eigenvalue weighted by atomic mass is 9.87. The molecule has 5 heteroatoms. The zero-order valence-electron chi connectivity index (χ0n) is 16.1. The van der Waals surface area contributed by atoms with Gasteiger partial charge in [0.15, 0.2) is 6.61 Å². The van der Waals surface area contributed by atoms with Crippen LogP contribution in [0.3, 0.4) is 0 Å². The highest BCUT2D eigenvalue weighted by molar-refractivity contribution is 5.95. The predicted molar refractivity (Wildman–Crippen MR) is 107 cm³/mol. The highest BCUT2D eigenvalue weighted by Gasteiger charge is 2.21. The van der Waals surface area contributed by atoms with Gasteiger partial charge in [0.25, 0.3) is 5.91 Å². The third-order valence-corrected chi connectivity index (χ3v) is 4.61. The molecule has 0 unspecified atom stereocenters. The summed E-state index contributed by atoms with van der Waals surface area (Å²) in [6.07, 6.45) is 1.46. The molecule has 0 radical (unpaired) electrons. The van der Waals surface area contributed by atoms with E-state index >= 15 is 0 Å². The predicted octanol–water partition coefficient (Wildman–Crippen LogP) is 4.13. The zero-order chi connectivity index (χ0) is 19.4. The molecule has 0 spiro atoms. The van der Waals surface area contributed by atoms with Gasteiger partial charge in [-0.05, 0) is 41.7 Å². The van der Waals surface area contributed by atoms with Gasteiger partial charge in [0.05, 0.1) is 0 Å². The molecule has 1 aliphatic heterocycles. The summed E-state index contributed by atoms with van der Waals surface area (Å²) in [5, 5.41) is 2.84.